The quantitative estimate of drug-likeness (QED) is 0.570. The van der Waals surface area contributed by atoms with E-state index in [1.165, 1.54) is 0 Å². The summed E-state index contributed by atoms with van der Waals surface area (Å²) in [4.78, 5) is 42.8. The molecular formula is C21H24N4O5S. The highest BCUT2D eigenvalue weighted by molar-refractivity contribution is 8.00. The van der Waals surface area contributed by atoms with Crippen LogP contribution in [0.15, 0.2) is 41.6 Å². The van der Waals surface area contributed by atoms with E-state index in [1.54, 1.807) is 41.4 Å². The largest absolute Gasteiger partial charge is 0.454 e. The summed E-state index contributed by atoms with van der Waals surface area (Å²) in [6.07, 6.45) is 1.55. The number of pyridine rings is 1. The number of thioether (sulfide) groups is 1. The summed E-state index contributed by atoms with van der Waals surface area (Å²) in [6.45, 7) is 4.99. The van der Waals surface area contributed by atoms with Crippen LogP contribution in [0, 0.1) is 0 Å². The van der Waals surface area contributed by atoms with Gasteiger partial charge in [-0.3, -0.25) is 14.4 Å². The van der Waals surface area contributed by atoms with Crippen LogP contribution in [0.4, 0.5) is 5.69 Å². The minimum Gasteiger partial charge on any atom is -0.454 e. The number of aromatic nitrogens is 1. The second-order valence-corrected chi connectivity index (χ2v) is 7.47. The first-order chi connectivity index (χ1) is 15.0. The van der Waals surface area contributed by atoms with E-state index in [1.807, 2.05) is 13.8 Å². The number of hydrogen-bond donors (Lipinski definition) is 2. The number of rotatable bonds is 9. The molecule has 1 aromatic heterocycles. The van der Waals surface area contributed by atoms with Crippen LogP contribution in [0.25, 0.3) is 0 Å². The van der Waals surface area contributed by atoms with E-state index < -0.39 is 5.91 Å². The van der Waals surface area contributed by atoms with E-state index in [-0.39, 0.29) is 30.9 Å². The van der Waals surface area contributed by atoms with Gasteiger partial charge in [0.25, 0.3) is 5.91 Å². The van der Waals surface area contributed by atoms with Crippen LogP contribution in [-0.4, -0.2) is 59.8 Å². The number of benzene rings is 1. The predicted octanol–water partition coefficient (Wildman–Crippen LogP) is 2.14. The number of fused-ring (bicyclic) bond motifs is 1. The molecule has 1 aromatic carbocycles. The van der Waals surface area contributed by atoms with Gasteiger partial charge in [-0.2, -0.15) is 0 Å². The van der Waals surface area contributed by atoms with Crippen LogP contribution >= 0.6 is 11.8 Å². The Labute approximate surface area is 184 Å². The molecule has 0 atom stereocenters. The molecule has 0 fully saturated rings. The minimum atomic E-state index is -0.410. The van der Waals surface area contributed by atoms with Crippen molar-refractivity contribution in [1.29, 1.82) is 0 Å². The van der Waals surface area contributed by atoms with Gasteiger partial charge >= 0.3 is 0 Å². The van der Waals surface area contributed by atoms with Gasteiger partial charge < -0.3 is 25.0 Å². The van der Waals surface area contributed by atoms with Crippen molar-refractivity contribution in [3.8, 4) is 11.5 Å². The second kappa shape index (κ2) is 10.7. The van der Waals surface area contributed by atoms with Gasteiger partial charge in [0, 0.05) is 31.0 Å². The minimum absolute atomic E-state index is 0.0596. The molecule has 0 saturated heterocycles. The molecular weight excluding hydrogens is 420 g/mol. The number of ether oxygens (including phenoxy) is 2. The fourth-order valence-corrected chi connectivity index (χ4v) is 3.71. The van der Waals surface area contributed by atoms with E-state index in [0.29, 0.717) is 40.9 Å². The summed E-state index contributed by atoms with van der Waals surface area (Å²) in [5.41, 5.74) is 0.902. The number of anilines is 1. The van der Waals surface area contributed by atoms with Gasteiger partial charge in [0.05, 0.1) is 17.9 Å². The molecule has 0 spiro atoms. The van der Waals surface area contributed by atoms with Gasteiger partial charge in [-0.1, -0.05) is 11.8 Å². The number of carbonyl (C=O) groups excluding carboxylic acids is 3. The van der Waals surface area contributed by atoms with Crippen molar-refractivity contribution in [2.24, 2.45) is 0 Å². The van der Waals surface area contributed by atoms with Crippen LogP contribution in [0.1, 0.15) is 24.2 Å². The molecule has 164 valence electrons. The highest BCUT2D eigenvalue weighted by atomic mass is 32.2. The number of amides is 3. The first-order valence-corrected chi connectivity index (χ1v) is 10.8. The average Bonchev–Trinajstić information content (AvgIpc) is 3.25. The molecule has 3 rings (SSSR count). The Morgan fingerprint density at radius 3 is 2.68 bits per heavy atom. The van der Waals surface area contributed by atoms with Crippen molar-refractivity contribution >= 4 is 35.2 Å². The average molecular weight is 445 g/mol. The Morgan fingerprint density at radius 2 is 1.90 bits per heavy atom. The molecule has 0 radical (unpaired) electrons. The highest BCUT2D eigenvalue weighted by Gasteiger charge is 2.18. The molecule has 1 aliphatic heterocycles. The Hall–Kier alpha value is -3.27. The van der Waals surface area contributed by atoms with Crippen LogP contribution in [0.2, 0.25) is 0 Å². The molecule has 1 aliphatic rings. The molecule has 0 unspecified atom stereocenters. The lowest BCUT2D eigenvalue weighted by Gasteiger charge is -2.18. The zero-order chi connectivity index (χ0) is 22.2. The Kier molecular flexibility index (Phi) is 7.71. The molecule has 2 aromatic rings. The number of nitrogens with one attached hydrogen (secondary N) is 2. The summed E-state index contributed by atoms with van der Waals surface area (Å²) in [6, 6.07) is 8.39. The number of likely N-dealkylation sites (N-methyl/N-ethyl adjacent to an activating group) is 1. The number of hydrogen-bond acceptors (Lipinski definition) is 7. The summed E-state index contributed by atoms with van der Waals surface area (Å²) in [7, 11) is 0. The van der Waals surface area contributed by atoms with Crippen molar-refractivity contribution in [3.63, 3.8) is 0 Å². The number of nitrogens with zero attached hydrogens (tertiary/aromatic N) is 2. The maximum atomic E-state index is 12.6. The third-order valence-electron chi connectivity index (χ3n) is 4.53. The third kappa shape index (κ3) is 5.88. The molecule has 9 nitrogen and oxygen atoms in total. The van der Waals surface area contributed by atoms with Crippen LogP contribution < -0.4 is 20.1 Å². The summed E-state index contributed by atoms with van der Waals surface area (Å²) < 4.78 is 10.6. The third-order valence-corrected chi connectivity index (χ3v) is 5.53. The zero-order valence-electron chi connectivity index (χ0n) is 17.3. The van der Waals surface area contributed by atoms with E-state index in [0.717, 1.165) is 11.8 Å². The summed E-state index contributed by atoms with van der Waals surface area (Å²) in [5.74, 6) is 0.457. The topological polar surface area (TPSA) is 110 Å². The molecule has 2 N–H and O–H groups in total. The number of carbonyl (C=O) groups is 3. The van der Waals surface area contributed by atoms with E-state index in [2.05, 4.69) is 15.6 Å². The van der Waals surface area contributed by atoms with Gasteiger partial charge in [-0.05, 0) is 38.1 Å². The summed E-state index contributed by atoms with van der Waals surface area (Å²) >= 11 is 1.14. The maximum Gasteiger partial charge on any atom is 0.254 e. The Morgan fingerprint density at radius 1 is 1.13 bits per heavy atom. The van der Waals surface area contributed by atoms with Crippen molar-refractivity contribution in [3.05, 3.63) is 42.1 Å². The first-order valence-electron chi connectivity index (χ1n) is 9.85. The molecule has 2 heterocycles. The van der Waals surface area contributed by atoms with Gasteiger partial charge in [0.2, 0.25) is 18.6 Å². The fraction of sp³-hybridized carbons (Fsp3) is 0.333. The van der Waals surface area contributed by atoms with E-state index in [9.17, 15) is 14.4 Å². The second-order valence-electron chi connectivity index (χ2n) is 6.51. The van der Waals surface area contributed by atoms with E-state index in [4.69, 9.17) is 9.47 Å². The smallest absolute Gasteiger partial charge is 0.254 e. The zero-order valence-corrected chi connectivity index (χ0v) is 18.2. The fourth-order valence-electron chi connectivity index (χ4n) is 2.92. The van der Waals surface area contributed by atoms with Gasteiger partial charge in [-0.15, -0.1) is 0 Å². The van der Waals surface area contributed by atoms with Gasteiger partial charge in [0.1, 0.15) is 5.03 Å². The monoisotopic (exact) mass is 444 g/mol. The molecule has 0 aliphatic carbocycles. The summed E-state index contributed by atoms with van der Waals surface area (Å²) in [5, 5.41) is 5.83. The van der Waals surface area contributed by atoms with Gasteiger partial charge in [-0.25, -0.2) is 4.98 Å². The molecule has 0 bridgehead atoms. The lowest BCUT2D eigenvalue weighted by atomic mass is 10.2. The highest BCUT2D eigenvalue weighted by Crippen LogP contribution is 2.34. The van der Waals surface area contributed by atoms with Gasteiger partial charge in [0.15, 0.2) is 11.5 Å². The van der Waals surface area contributed by atoms with Crippen LogP contribution in [-0.2, 0) is 9.59 Å². The van der Waals surface area contributed by atoms with Crippen molar-refractivity contribution in [2.45, 2.75) is 18.9 Å². The lowest BCUT2D eigenvalue weighted by Crippen LogP contribution is -2.40. The van der Waals surface area contributed by atoms with Crippen molar-refractivity contribution in [1.82, 2.24) is 15.2 Å². The Balaban J connectivity index is 1.55. The van der Waals surface area contributed by atoms with Crippen LogP contribution in [0.3, 0.4) is 0 Å². The standard InChI is InChI=1S/C21H24N4O5S/c1-3-25(4-2)19(27)11-23-20(28)15-6-5-9-22-21(15)31-12-18(26)24-14-7-8-16-17(10-14)30-13-29-16/h5-10H,3-4,11-13H2,1-2H3,(H,23,28)(H,24,26). The Bertz CT molecular complexity index is 965. The normalized spacial score (nSPS) is 11.7. The molecule has 10 heteroatoms. The molecule has 3 amide bonds. The molecule has 31 heavy (non-hydrogen) atoms. The van der Waals surface area contributed by atoms with Crippen LogP contribution in [0.5, 0.6) is 11.5 Å². The SMILES string of the molecule is CCN(CC)C(=O)CNC(=O)c1cccnc1SCC(=O)Nc1ccc2c(c1)OCO2. The van der Waals surface area contributed by atoms with E-state index >= 15 is 0 Å². The van der Waals surface area contributed by atoms with Crippen molar-refractivity contribution < 1.29 is 23.9 Å². The predicted molar refractivity (Wildman–Crippen MR) is 116 cm³/mol. The molecule has 0 saturated carbocycles. The van der Waals surface area contributed by atoms with Crippen molar-refractivity contribution in [2.75, 3.05) is 37.5 Å². The first kappa shape index (κ1) is 22.4. The maximum absolute atomic E-state index is 12.6. The lowest BCUT2D eigenvalue weighted by molar-refractivity contribution is -0.129.